The maximum Gasteiger partial charge on any atom is 0.163 e. The summed E-state index contributed by atoms with van der Waals surface area (Å²) < 4.78 is 0. The van der Waals surface area contributed by atoms with Crippen LogP contribution in [0.5, 0.6) is 0 Å². The largest absolute Gasteiger partial charge is 0.370 e. The molecular weight excluding hydrogens is 298 g/mol. The van der Waals surface area contributed by atoms with Crippen LogP contribution >= 0.6 is 0 Å². The van der Waals surface area contributed by atoms with Gasteiger partial charge in [-0.15, -0.1) is 0 Å². The molecule has 5 nitrogen and oxygen atoms in total. The van der Waals surface area contributed by atoms with Crippen molar-refractivity contribution in [3.8, 4) is 11.4 Å². The minimum absolute atomic E-state index is 0.702. The minimum Gasteiger partial charge on any atom is -0.370 e. The molecule has 0 atom stereocenters. The molecule has 3 rings (SSSR count). The first-order valence-electron chi connectivity index (χ1n) is 8.20. The molecule has 0 saturated carbocycles. The Morgan fingerprint density at radius 2 is 1.67 bits per heavy atom. The number of aromatic nitrogens is 3. The molecule has 122 valence electrons. The Bertz CT molecular complexity index is 759. The molecule has 0 aliphatic heterocycles. The fourth-order valence-corrected chi connectivity index (χ4v) is 2.29. The predicted octanol–water partition coefficient (Wildman–Crippen LogP) is 4.49. The van der Waals surface area contributed by atoms with Crippen LogP contribution in [0.3, 0.4) is 0 Å². The highest BCUT2D eigenvalue weighted by Crippen LogP contribution is 2.22. The highest BCUT2D eigenvalue weighted by Gasteiger charge is 2.07. The molecule has 2 N–H and O–H groups in total. The second-order valence-corrected chi connectivity index (χ2v) is 5.47. The molecule has 0 saturated heterocycles. The monoisotopic (exact) mass is 319 g/mol. The first kappa shape index (κ1) is 15.9. The van der Waals surface area contributed by atoms with Crippen LogP contribution in [0.15, 0.2) is 60.9 Å². The zero-order chi connectivity index (χ0) is 16.6. The number of nitrogens with zero attached hydrogens (tertiary/aromatic N) is 3. The van der Waals surface area contributed by atoms with Gasteiger partial charge in [0.25, 0.3) is 0 Å². The van der Waals surface area contributed by atoms with Gasteiger partial charge in [-0.3, -0.25) is 4.98 Å². The Labute approximate surface area is 142 Å². The van der Waals surface area contributed by atoms with Crippen molar-refractivity contribution in [2.45, 2.75) is 19.8 Å². The van der Waals surface area contributed by atoms with Crippen molar-refractivity contribution in [1.29, 1.82) is 0 Å². The van der Waals surface area contributed by atoms with Crippen LogP contribution in [0.4, 0.5) is 17.3 Å². The molecule has 0 aliphatic rings. The second-order valence-electron chi connectivity index (χ2n) is 5.47. The van der Waals surface area contributed by atoms with Gasteiger partial charge in [0, 0.05) is 36.3 Å². The Balaban J connectivity index is 1.90. The van der Waals surface area contributed by atoms with E-state index in [-0.39, 0.29) is 0 Å². The van der Waals surface area contributed by atoms with E-state index in [1.165, 1.54) is 0 Å². The van der Waals surface area contributed by atoms with Gasteiger partial charge in [-0.1, -0.05) is 43.7 Å². The van der Waals surface area contributed by atoms with Gasteiger partial charge < -0.3 is 10.6 Å². The van der Waals surface area contributed by atoms with Crippen molar-refractivity contribution in [2.24, 2.45) is 0 Å². The summed E-state index contributed by atoms with van der Waals surface area (Å²) >= 11 is 0. The lowest BCUT2D eigenvalue weighted by Crippen LogP contribution is -2.06. The summed E-state index contributed by atoms with van der Waals surface area (Å²) in [5.74, 6) is 2.29. The Morgan fingerprint density at radius 3 is 2.42 bits per heavy atom. The number of hydrogen-bond acceptors (Lipinski definition) is 5. The van der Waals surface area contributed by atoms with Crippen LogP contribution in [0, 0.1) is 0 Å². The van der Waals surface area contributed by atoms with Crippen LogP contribution in [-0.4, -0.2) is 21.5 Å². The van der Waals surface area contributed by atoms with E-state index in [0.717, 1.165) is 42.3 Å². The maximum atomic E-state index is 4.64. The van der Waals surface area contributed by atoms with E-state index in [4.69, 9.17) is 0 Å². The van der Waals surface area contributed by atoms with E-state index >= 15 is 0 Å². The van der Waals surface area contributed by atoms with Crippen LogP contribution in [0.25, 0.3) is 11.4 Å². The van der Waals surface area contributed by atoms with E-state index in [1.54, 1.807) is 12.4 Å². The topological polar surface area (TPSA) is 62.7 Å². The fourth-order valence-electron chi connectivity index (χ4n) is 2.29. The normalized spacial score (nSPS) is 10.4. The van der Waals surface area contributed by atoms with Crippen LogP contribution in [0.2, 0.25) is 0 Å². The third kappa shape index (κ3) is 4.29. The van der Waals surface area contributed by atoms with Crippen molar-refractivity contribution in [2.75, 3.05) is 17.2 Å². The van der Waals surface area contributed by atoms with Crippen molar-refractivity contribution in [3.63, 3.8) is 0 Å². The zero-order valence-corrected chi connectivity index (χ0v) is 13.7. The number of benzene rings is 1. The number of unbranched alkanes of at least 4 members (excludes halogenated alkanes) is 1. The van der Waals surface area contributed by atoms with Crippen molar-refractivity contribution in [1.82, 2.24) is 15.0 Å². The summed E-state index contributed by atoms with van der Waals surface area (Å²) in [7, 11) is 0. The van der Waals surface area contributed by atoms with Crippen LogP contribution in [-0.2, 0) is 0 Å². The summed E-state index contributed by atoms with van der Waals surface area (Å²) in [5, 5.41) is 6.69. The number of anilines is 3. The van der Waals surface area contributed by atoms with Crippen LogP contribution < -0.4 is 10.6 Å². The van der Waals surface area contributed by atoms with E-state index in [0.29, 0.717) is 5.82 Å². The van der Waals surface area contributed by atoms with Gasteiger partial charge in [0.2, 0.25) is 0 Å². The lowest BCUT2D eigenvalue weighted by atomic mass is 10.2. The molecule has 0 bridgehead atoms. The average molecular weight is 319 g/mol. The van der Waals surface area contributed by atoms with Gasteiger partial charge in [-0.25, -0.2) is 9.97 Å². The van der Waals surface area contributed by atoms with Gasteiger partial charge >= 0.3 is 0 Å². The Kier molecular flexibility index (Phi) is 5.35. The van der Waals surface area contributed by atoms with Crippen molar-refractivity contribution >= 4 is 17.3 Å². The first-order chi connectivity index (χ1) is 11.8. The molecule has 2 heterocycles. The Morgan fingerprint density at radius 1 is 0.917 bits per heavy atom. The summed E-state index contributed by atoms with van der Waals surface area (Å²) in [5.41, 5.74) is 1.94. The molecule has 0 spiro atoms. The number of hydrogen-bond donors (Lipinski definition) is 2. The lowest BCUT2D eigenvalue weighted by Gasteiger charge is -2.11. The summed E-state index contributed by atoms with van der Waals surface area (Å²) in [6.07, 6.45) is 5.76. The molecule has 2 aromatic heterocycles. The van der Waals surface area contributed by atoms with Crippen molar-refractivity contribution < 1.29 is 0 Å². The number of nitrogens with one attached hydrogen (secondary N) is 2. The quantitative estimate of drug-likeness (QED) is 0.628. The molecule has 3 aromatic rings. The van der Waals surface area contributed by atoms with Gasteiger partial charge in [-0.05, 0) is 18.6 Å². The minimum atomic E-state index is 0.702. The summed E-state index contributed by atoms with van der Waals surface area (Å²) in [6, 6.07) is 15.8. The average Bonchev–Trinajstić information content (AvgIpc) is 2.63. The molecule has 24 heavy (non-hydrogen) atoms. The van der Waals surface area contributed by atoms with E-state index < -0.39 is 0 Å². The van der Waals surface area contributed by atoms with Gasteiger partial charge in [-0.2, -0.15) is 0 Å². The van der Waals surface area contributed by atoms with Gasteiger partial charge in [0.05, 0.1) is 0 Å². The maximum absolute atomic E-state index is 4.64. The summed E-state index contributed by atoms with van der Waals surface area (Å²) in [6.45, 7) is 3.07. The van der Waals surface area contributed by atoms with Gasteiger partial charge in [0.1, 0.15) is 11.6 Å². The predicted molar refractivity (Wildman–Crippen MR) is 98.4 cm³/mol. The third-order valence-electron chi connectivity index (χ3n) is 3.55. The fraction of sp³-hybridized carbons (Fsp3) is 0.211. The molecule has 0 fully saturated rings. The standard InChI is InChI=1S/C19H21N5/c1-2-3-11-21-17-14-18(22-16-9-12-20-13-10-16)24-19(23-17)15-7-5-4-6-8-15/h4-10,12-14H,2-3,11H2,1H3,(H2,20,21,22,23,24). The zero-order valence-electron chi connectivity index (χ0n) is 13.7. The van der Waals surface area contributed by atoms with Crippen LogP contribution in [0.1, 0.15) is 19.8 Å². The lowest BCUT2D eigenvalue weighted by molar-refractivity contribution is 0.830. The first-order valence-corrected chi connectivity index (χ1v) is 8.20. The highest BCUT2D eigenvalue weighted by molar-refractivity contribution is 5.64. The molecule has 0 unspecified atom stereocenters. The smallest absolute Gasteiger partial charge is 0.163 e. The Hall–Kier alpha value is -2.95. The molecular formula is C19H21N5. The van der Waals surface area contributed by atoms with Crippen molar-refractivity contribution in [3.05, 3.63) is 60.9 Å². The highest BCUT2D eigenvalue weighted by atomic mass is 15.1. The van der Waals surface area contributed by atoms with E-state index in [9.17, 15) is 0 Å². The number of pyridine rings is 1. The van der Waals surface area contributed by atoms with Gasteiger partial charge in [0.15, 0.2) is 5.82 Å². The molecule has 0 amide bonds. The third-order valence-corrected chi connectivity index (χ3v) is 3.55. The number of rotatable bonds is 7. The molecule has 0 aliphatic carbocycles. The molecule has 1 aromatic carbocycles. The molecule has 5 heteroatoms. The molecule has 0 radical (unpaired) electrons. The van der Waals surface area contributed by atoms with E-state index in [2.05, 4.69) is 32.5 Å². The SMILES string of the molecule is CCCCNc1cc(Nc2ccncc2)nc(-c2ccccc2)n1. The second kappa shape index (κ2) is 8.06. The summed E-state index contributed by atoms with van der Waals surface area (Å²) in [4.78, 5) is 13.3. The van der Waals surface area contributed by atoms with E-state index in [1.807, 2.05) is 48.5 Å².